The van der Waals surface area contributed by atoms with Gasteiger partial charge in [0.2, 0.25) is 0 Å². The third-order valence-electron chi connectivity index (χ3n) is 5.52. The molecule has 2 aromatic rings. The number of benzene rings is 1. The van der Waals surface area contributed by atoms with Crippen LogP contribution in [0.1, 0.15) is 29.7 Å². The van der Waals surface area contributed by atoms with Crippen molar-refractivity contribution in [1.29, 1.82) is 0 Å². The second kappa shape index (κ2) is 8.53. The summed E-state index contributed by atoms with van der Waals surface area (Å²) in [5.41, 5.74) is 3.66. The molecule has 1 aliphatic heterocycles. The summed E-state index contributed by atoms with van der Waals surface area (Å²) in [6, 6.07) is 12.4. The Balaban J connectivity index is 1.27. The van der Waals surface area contributed by atoms with E-state index in [2.05, 4.69) is 34.1 Å². The highest BCUT2D eigenvalue weighted by Gasteiger charge is 2.22. The van der Waals surface area contributed by atoms with Crippen LogP contribution in [0.5, 0.6) is 5.75 Å². The van der Waals surface area contributed by atoms with E-state index in [1.165, 1.54) is 24.0 Å². The maximum absolute atomic E-state index is 12.6. The normalized spacial score (nSPS) is 17.4. The molecule has 5 nitrogen and oxygen atoms in total. The van der Waals surface area contributed by atoms with Gasteiger partial charge in [-0.15, -0.1) is 0 Å². The van der Waals surface area contributed by atoms with E-state index in [1.807, 2.05) is 17.0 Å². The van der Waals surface area contributed by atoms with Gasteiger partial charge in [-0.3, -0.25) is 14.7 Å². The molecule has 1 aromatic heterocycles. The van der Waals surface area contributed by atoms with Crippen LogP contribution in [0.4, 0.5) is 0 Å². The van der Waals surface area contributed by atoms with Crippen molar-refractivity contribution < 1.29 is 9.53 Å². The van der Waals surface area contributed by atoms with E-state index in [9.17, 15) is 4.79 Å². The van der Waals surface area contributed by atoms with Gasteiger partial charge in [-0.05, 0) is 37.3 Å². The number of aromatic nitrogens is 1. The monoisotopic (exact) mass is 365 g/mol. The maximum atomic E-state index is 12.6. The summed E-state index contributed by atoms with van der Waals surface area (Å²) in [5.74, 6) is 0.923. The Morgan fingerprint density at radius 1 is 1.00 bits per heavy atom. The lowest BCUT2D eigenvalue weighted by Crippen LogP contribution is -2.49. The molecule has 0 spiro atoms. The summed E-state index contributed by atoms with van der Waals surface area (Å²) >= 11 is 0. The molecule has 2 aliphatic rings. The third-order valence-corrected chi connectivity index (χ3v) is 5.52. The molecule has 1 aromatic carbocycles. The van der Waals surface area contributed by atoms with Gasteiger partial charge in [0.25, 0.3) is 5.91 Å². The van der Waals surface area contributed by atoms with Crippen molar-refractivity contribution >= 4 is 5.91 Å². The fraction of sp³-hybridized carbons (Fsp3) is 0.455. The standard InChI is InChI=1S/C22H27N3O2/c26-22(17-27-21-10-11-23-20-9-5-4-8-19(20)21)25-14-12-24(13-15-25)16-18-6-2-1-3-7-18/h1-3,6-7,10-11H,4-5,8-9,12-17H2. The summed E-state index contributed by atoms with van der Waals surface area (Å²) in [4.78, 5) is 21.4. The van der Waals surface area contributed by atoms with Crippen LogP contribution < -0.4 is 4.74 Å². The quantitative estimate of drug-likeness (QED) is 0.817. The smallest absolute Gasteiger partial charge is 0.260 e. The van der Waals surface area contributed by atoms with Crippen molar-refractivity contribution in [2.75, 3.05) is 32.8 Å². The molecule has 5 heteroatoms. The van der Waals surface area contributed by atoms with E-state index in [0.717, 1.165) is 57.0 Å². The molecule has 0 atom stereocenters. The van der Waals surface area contributed by atoms with Crippen molar-refractivity contribution in [1.82, 2.24) is 14.8 Å². The number of rotatable bonds is 5. The SMILES string of the molecule is O=C(COc1ccnc2c1CCCC2)N1CCN(Cc2ccccc2)CC1. The Labute approximate surface area is 161 Å². The highest BCUT2D eigenvalue weighted by molar-refractivity contribution is 5.78. The Morgan fingerprint density at radius 2 is 1.78 bits per heavy atom. The van der Waals surface area contributed by atoms with Gasteiger partial charge in [0, 0.05) is 50.2 Å². The van der Waals surface area contributed by atoms with Gasteiger partial charge in [-0.25, -0.2) is 0 Å². The van der Waals surface area contributed by atoms with Crippen molar-refractivity contribution in [2.24, 2.45) is 0 Å². The maximum Gasteiger partial charge on any atom is 0.260 e. The zero-order valence-electron chi connectivity index (χ0n) is 15.8. The number of carbonyl (C=O) groups excluding carboxylic acids is 1. The van der Waals surface area contributed by atoms with Crippen LogP contribution >= 0.6 is 0 Å². The minimum atomic E-state index is 0.0794. The first-order chi connectivity index (χ1) is 13.3. The van der Waals surface area contributed by atoms with Gasteiger partial charge in [-0.1, -0.05) is 30.3 Å². The number of nitrogens with zero attached hydrogens (tertiary/aromatic N) is 3. The predicted octanol–water partition coefficient (Wildman–Crippen LogP) is 2.68. The Bertz CT molecular complexity index is 770. The lowest BCUT2D eigenvalue weighted by atomic mass is 9.95. The minimum Gasteiger partial charge on any atom is -0.483 e. The van der Waals surface area contributed by atoms with Crippen LogP contribution in [0.2, 0.25) is 0 Å². The molecule has 0 N–H and O–H groups in total. The van der Waals surface area contributed by atoms with E-state index >= 15 is 0 Å². The number of ether oxygens (including phenoxy) is 1. The largest absolute Gasteiger partial charge is 0.483 e. The van der Waals surface area contributed by atoms with Gasteiger partial charge in [0.15, 0.2) is 6.61 Å². The predicted molar refractivity (Wildman–Crippen MR) is 105 cm³/mol. The highest BCUT2D eigenvalue weighted by Crippen LogP contribution is 2.27. The lowest BCUT2D eigenvalue weighted by molar-refractivity contribution is -0.135. The van der Waals surface area contributed by atoms with Crippen molar-refractivity contribution in [2.45, 2.75) is 32.2 Å². The van der Waals surface area contributed by atoms with Gasteiger partial charge in [0.05, 0.1) is 0 Å². The molecule has 4 rings (SSSR count). The summed E-state index contributed by atoms with van der Waals surface area (Å²) in [7, 11) is 0. The molecule has 1 aliphatic carbocycles. The number of piperazine rings is 1. The first kappa shape index (κ1) is 18.0. The van der Waals surface area contributed by atoms with Crippen molar-refractivity contribution in [3.63, 3.8) is 0 Å². The van der Waals surface area contributed by atoms with Gasteiger partial charge in [-0.2, -0.15) is 0 Å². The zero-order valence-corrected chi connectivity index (χ0v) is 15.8. The minimum absolute atomic E-state index is 0.0794. The highest BCUT2D eigenvalue weighted by atomic mass is 16.5. The number of pyridine rings is 1. The molecule has 27 heavy (non-hydrogen) atoms. The van der Waals surface area contributed by atoms with Crippen molar-refractivity contribution in [3.8, 4) is 5.75 Å². The molecule has 0 radical (unpaired) electrons. The summed E-state index contributed by atoms with van der Waals surface area (Å²) in [6.07, 6.45) is 6.18. The summed E-state index contributed by atoms with van der Waals surface area (Å²) in [5, 5.41) is 0. The fourth-order valence-electron chi connectivity index (χ4n) is 3.96. The second-order valence-corrected chi connectivity index (χ2v) is 7.37. The number of fused-ring (bicyclic) bond motifs is 1. The molecule has 1 fully saturated rings. The summed E-state index contributed by atoms with van der Waals surface area (Å²) in [6.45, 7) is 4.42. The number of aryl methyl sites for hydroxylation is 1. The molecule has 1 amide bonds. The zero-order chi connectivity index (χ0) is 18.5. The Morgan fingerprint density at radius 3 is 2.59 bits per heavy atom. The van der Waals surface area contributed by atoms with E-state index in [4.69, 9.17) is 4.74 Å². The number of carbonyl (C=O) groups is 1. The van der Waals surface area contributed by atoms with E-state index < -0.39 is 0 Å². The molecule has 0 saturated carbocycles. The van der Waals surface area contributed by atoms with Crippen molar-refractivity contribution in [3.05, 3.63) is 59.4 Å². The molecule has 0 bridgehead atoms. The second-order valence-electron chi connectivity index (χ2n) is 7.37. The first-order valence-corrected chi connectivity index (χ1v) is 9.93. The molecular weight excluding hydrogens is 338 g/mol. The van der Waals surface area contributed by atoms with E-state index in [1.54, 1.807) is 6.20 Å². The van der Waals surface area contributed by atoms with Crippen LogP contribution in [0.15, 0.2) is 42.6 Å². The van der Waals surface area contributed by atoms with Gasteiger partial charge < -0.3 is 9.64 Å². The topological polar surface area (TPSA) is 45.7 Å². The average molecular weight is 365 g/mol. The number of hydrogen-bond acceptors (Lipinski definition) is 4. The fourth-order valence-corrected chi connectivity index (χ4v) is 3.96. The van der Waals surface area contributed by atoms with Gasteiger partial charge >= 0.3 is 0 Å². The van der Waals surface area contributed by atoms with Crippen LogP contribution in [0.25, 0.3) is 0 Å². The molecule has 142 valence electrons. The average Bonchev–Trinajstić information content (AvgIpc) is 2.73. The Hall–Kier alpha value is -2.40. The number of hydrogen-bond donors (Lipinski definition) is 0. The molecule has 1 saturated heterocycles. The lowest BCUT2D eigenvalue weighted by Gasteiger charge is -2.34. The Kier molecular flexibility index (Phi) is 5.68. The third kappa shape index (κ3) is 4.48. The molecule has 0 unspecified atom stereocenters. The van der Waals surface area contributed by atoms with Crippen LogP contribution in [0.3, 0.4) is 0 Å². The van der Waals surface area contributed by atoms with E-state index in [-0.39, 0.29) is 12.5 Å². The van der Waals surface area contributed by atoms with E-state index in [0.29, 0.717) is 0 Å². The first-order valence-electron chi connectivity index (χ1n) is 9.93. The van der Waals surface area contributed by atoms with Crippen LogP contribution in [-0.2, 0) is 24.2 Å². The number of amides is 1. The van der Waals surface area contributed by atoms with Crippen LogP contribution in [0, 0.1) is 0 Å². The molecule has 2 heterocycles. The molecular formula is C22H27N3O2. The summed E-state index contributed by atoms with van der Waals surface area (Å²) < 4.78 is 5.90. The van der Waals surface area contributed by atoms with Gasteiger partial charge in [0.1, 0.15) is 5.75 Å². The van der Waals surface area contributed by atoms with Crippen LogP contribution in [-0.4, -0.2) is 53.5 Å².